The Balaban J connectivity index is 1.45. The van der Waals surface area contributed by atoms with Gasteiger partial charge in [-0.15, -0.1) is 0 Å². The molecule has 1 aromatic carbocycles. The predicted octanol–water partition coefficient (Wildman–Crippen LogP) is 3.45. The maximum atomic E-state index is 12.7. The maximum absolute atomic E-state index is 12.7. The van der Waals surface area contributed by atoms with Crippen LogP contribution < -0.4 is 0 Å². The first-order chi connectivity index (χ1) is 13.9. The molecule has 0 aromatic heterocycles. The van der Waals surface area contributed by atoms with Crippen molar-refractivity contribution < 1.29 is 9.59 Å². The summed E-state index contributed by atoms with van der Waals surface area (Å²) in [6, 6.07) is 7.92. The lowest BCUT2D eigenvalue weighted by Gasteiger charge is -2.36. The Hall–Kier alpha value is -1.59. The lowest BCUT2D eigenvalue weighted by molar-refractivity contribution is -0.133. The smallest absolute Gasteiger partial charge is 0.227 e. The second-order valence-electron chi connectivity index (χ2n) is 8.69. The van der Waals surface area contributed by atoms with Crippen LogP contribution in [0.4, 0.5) is 0 Å². The molecule has 1 atom stereocenters. The fourth-order valence-corrected chi connectivity index (χ4v) is 4.74. The van der Waals surface area contributed by atoms with E-state index in [4.69, 9.17) is 11.6 Å². The number of hydrogen-bond acceptors (Lipinski definition) is 3. The Morgan fingerprint density at radius 1 is 1.14 bits per heavy atom. The van der Waals surface area contributed by atoms with Crippen LogP contribution >= 0.6 is 11.6 Å². The van der Waals surface area contributed by atoms with Gasteiger partial charge in [0.15, 0.2) is 0 Å². The Morgan fingerprint density at radius 2 is 1.86 bits per heavy atom. The third kappa shape index (κ3) is 6.19. The first kappa shape index (κ1) is 22.1. The van der Waals surface area contributed by atoms with E-state index in [0.29, 0.717) is 29.8 Å². The van der Waals surface area contributed by atoms with Crippen LogP contribution in [0.3, 0.4) is 0 Å². The maximum Gasteiger partial charge on any atom is 0.227 e. The molecule has 29 heavy (non-hydrogen) atoms. The third-order valence-electron chi connectivity index (χ3n) is 6.57. The van der Waals surface area contributed by atoms with Crippen molar-refractivity contribution in [3.8, 4) is 0 Å². The predicted molar refractivity (Wildman–Crippen MR) is 117 cm³/mol. The molecule has 6 heteroatoms. The number of piperidine rings is 2. The second kappa shape index (κ2) is 10.4. The fourth-order valence-electron chi connectivity index (χ4n) is 4.53. The van der Waals surface area contributed by atoms with Crippen molar-refractivity contribution in [1.29, 1.82) is 0 Å². The molecule has 160 valence electrons. The molecule has 2 aliphatic heterocycles. The number of carbonyl (C=O) groups is 2. The van der Waals surface area contributed by atoms with Gasteiger partial charge in [0.2, 0.25) is 11.8 Å². The van der Waals surface area contributed by atoms with Crippen LogP contribution in [0.25, 0.3) is 0 Å². The van der Waals surface area contributed by atoms with Crippen LogP contribution in [-0.2, 0) is 16.0 Å². The molecule has 0 N–H and O–H groups in total. The van der Waals surface area contributed by atoms with Gasteiger partial charge in [0.05, 0.1) is 6.42 Å². The van der Waals surface area contributed by atoms with E-state index in [9.17, 15) is 9.59 Å². The van der Waals surface area contributed by atoms with Crippen LogP contribution in [0.1, 0.15) is 44.1 Å². The zero-order valence-corrected chi connectivity index (χ0v) is 18.5. The summed E-state index contributed by atoms with van der Waals surface area (Å²) in [5.74, 6) is 0.797. The van der Waals surface area contributed by atoms with E-state index in [-0.39, 0.29) is 11.8 Å². The first-order valence-electron chi connectivity index (χ1n) is 10.9. The molecule has 5 nitrogen and oxygen atoms in total. The number of likely N-dealkylation sites (tertiary alicyclic amines) is 2. The normalized spacial score (nSPS) is 21.2. The van der Waals surface area contributed by atoms with Gasteiger partial charge in [0.25, 0.3) is 0 Å². The van der Waals surface area contributed by atoms with Crippen LogP contribution in [0, 0.1) is 5.92 Å². The van der Waals surface area contributed by atoms with E-state index < -0.39 is 0 Å². The largest absolute Gasteiger partial charge is 0.343 e. The molecule has 0 radical (unpaired) electrons. The number of nitrogens with zero attached hydrogens (tertiary/aromatic N) is 3. The van der Waals surface area contributed by atoms with Crippen molar-refractivity contribution in [2.45, 2.75) is 51.0 Å². The lowest BCUT2D eigenvalue weighted by Crippen LogP contribution is -2.45. The van der Waals surface area contributed by atoms with Crippen molar-refractivity contribution >= 4 is 23.4 Å². The standard InChI is InChI=1S/C23H34ClN3O2/c1-25-14-11-20(12-15-25)26(2)22(28)10-9-18-6-5-13-27(17-18)23(29)16-19-7-3-4-8-21(19)24/h3-4,7-8,18,20H,5-6,9-17H2,1-2H3/t18-/m1/s1. The van der Waals surface area contributed by atoms with Gasteiger partial charge < -0.3 is 14.7 Å². The molecule has 2 amide bonds. The average Bonchev–Trinajstić information content (AvgIpc) is 2.74. The molecule has 0 saturated carbocycles. The Kier molecular flexibility index (Phi) is 7.96. The highest BCUT2D eigenvalue weighted by Gasteiger charge is 2.27. The summed E-state index contributed by atoms with van der Waals surface area (Å²) >= 11 is 6.21. The highest BCUT2D eigenvalue weighted by Crippen LogP contribution is 2.24. The van der Waals surface area contributed by atoms with Crippen LogP contribution in [0.15, 0.2) is 24.3 Å². The van der Waals surface area contributed by atoms with Gasteiger partial charge >= 0.3 is 0 Å². The number of hydrogen-bond donors (Lipinski definition) is 0. The first-order valence-corrected chi connectivity index (χ1v) is 11.3. The summed E-state index contributed by atoms with van der Waals surface area (Å²) in [6.45, 7) is 3.69. The van der Waals surface area contributed by atoms with Crippen molar-refractivity contribution in [2.24, 2.45) is 5.92 Å². The van der Waals surface area contributed by atoms with Crippen LogP contribution in [0.5, 0.6) is 0 Å². The van der Waals surface area contributed by atoms with Crippen molar-refractivity contribution in [1.82, 2.24) is 14.7 Å². The highest BCUT2D eigenvalue weighted by molar-refractivity contribution is 6.31. The number of rotatable bonds is 6. The summed E-state index contributed by atoms with van der Waals surface area (Å²) in [6.07, 6.45) is 6.04. The monoisotopic (exact) mass is 419 g/mol. The van der Waals surface area contributed by atoms with E-state index in [1.807, 2.05) is 41.1 Å². The second-order valence-corrected chi connectivity index (χ2v) is 9.10. The molecular weight excluding hydrogens is 386 g/mol. The number of halogens is 1. The number of carbonyl (C=O) groups excluding carboxylic acids is 2. The minimum atomic E-state index is 0.137. The topological polar surface area (TPSA) is 43.9 Å². The number of benzene rings is 1. The minimum Gasteiger partial charge on any atom is -0.343 e. The van der Waals surface area contributed by atoms with Crippen molar-refractivity contribution in [3.63, 3.8) is 0 Å². The molecule has 0 aliphatic carbocycles. The van der Waals surface area contributed by atoms with E-state index in [1.54, 1.807) is 0 Å². The summed E-state index contributed by atoms with van der Waals surface area (Å²) < 4.78 is 0. The van der Waals surface area contributed by atoms with Gasteiger partial charge in [-0.05, 0) is 69.8 Å². The van der Waals surface area contributed by atoms with Gasteiger partial charge in [-0.25, -0.2) is 0 Å². The highest BCUT2D eigenvalue weighted by atomic mass is 35.5. The van der Waals surface area contributed by atoms with Crippen molar-refractivity contribution in [3.05, 3.63) is 34.9 Å². The van der Waals surface area contributed by atoms with Crippen molar-refractivity contribution in [2.75, 3.05) is 40.3 Å². The average molecular weight is 420 g/mol. The summed E-state index contributed by atoms with van der Waals surface area (Å²) in [5, 5.41) is 0.650. The molecule has 2 heterocycles. The van der Waals surface area contributed by atoms with Gasteiger partial charge in [-0.3, -0.25) is 9.59 Å². The summed E-state index contributed by atoms with van der Waals surface area (Å²) in [4.78, 5) is 31.7. The third-order valence-corrected chi connectivity index (χ3v) is 6.94. The fraction of sp³-hybridized carbons (Fsp3) is 0.652. The Morgan fingerprint density at radius 3 is 2.59 bits per heavy atom. The SMILES string of the molecule is CN1CCC(N(C)C(=O)CC[C@H]2CCCN(C(=O)Cc3ccccc3Cl)C2)CC1. The molecule has 2 aliphatic rings. The van der Waals surface area contributed by atoms with Gasteiger partial charge in [-0.2, -0.15) is 0 Å². The molecule has 0 bridgehead atoms. The van der Waals surface area contributed by atoms with Crippen LogP contribution in [0.2, 0.25) is 5.02 Å². The molecule has 3 rings (SSSR count). The molecule has 1 aromatic rings. The quantitative estimate of drug-likeness (QED) is 0.709. The zero-order chi connectivity index (χ0) is 20.8. The van der Waals surface area contributed by atoms with E-state index in [1.165, 1.54) is 0 Å². The van der Waals surface area contributed by atoms with E-state index in [2.05, 4.69) is 11.9 Å². The minimum absolute atomic E-state index is 0.137. The van der Waals surface area contributed by atoms with Crippen LogP contribution in [-0.4, -0.2) is 72.8 Å². The van der Waals surface area contributed by atoms with Gasteiger partial charge in [-0.1, -0.05) is 29.8 Å². The Labute approximate surface area is 180 Å². The van der Waals surface area contributed by atoms with E-state index >= 15 is 0 Å². The molecular formula is C23H34ClN3O2. The van der Waals surface area contributed by atoms with Gasteiger partial charge in [0.1, 0.15) is 0 Å². The number of amides is 2. The Bertz CT molecular complexity index is 703. The molecule has 0 unspecified atom stereocenters. The summed E-state index contributed by atoms with van der Waals surface area (Å²) in [7, 11) is 4.10. The summed E-state index contributed by atoms with van der Waals surface area (Å²) in [5.41, 5.74) is 0.885. The molecule has 2 saturated heterocycles. The van der Waals surface area contributed by atoms with Gasteiger partial charge in [0, 0.05) is 37.6 Å². The zero-order valence-electron chi connectivity index (χ0n) is 17.8. The van der Waals surface area contributed by atoms with E-state index in [0.717, 1.165) is 63.8 Å². The molecule has 2 fully saturated rings. The molecule has 0 spiro atoms. The lowest BCUT2D eigenvalue weighted by atomic mass is 9.92.